The second-order valence-electron chi connectivity index (χ2n) is 9.46. The number of carbonyl (C=O) groups is 1. The van der Waals surface area contributed by atoms with Gasteiger partial charge in [0, 0.05) is 17.4 Å². The lowest BCUT2D eigenvalue weighted by Crippen LogP contribution is -2.42. The van der Waals surface area contributed by atoms with E-state index >= 15 is 0 Å². The van der Waals surface area contributed by atoms with Crippen LogP contribution in [0.15, 0.2) is 55.1 Å². The third-order valence-corrected chi connectivity index (χ3v) is 6.37. The first-order valence-corrected chi connectivity index (χ1v) is 12.2. The molecule has 0 bridgehead atoms. The fraction of sp³-hybridized carbons (Fsp3) is 0.308. The molecule has 4 aromatic rings. The molecule has 0 fully saturated rings. The van der Waals surface area contributed by atoms with Crippen molar-refractivity contribution in [1.82, 2.24) is 24.5 Å². The molecule has 2 aromatic heterocycles. The standard InChI is InChI=1S/C26H21F7N6O2/c1-15-10-37(14-34-15)21-5-2-16(9-23(21)41-13-26(31,32)33)19-11-39(36-35-19)22-6-3-17-8-18(27)4-7-20(17)38(24(22)40)12-25(28,29)30/h2,4-5,7-11,14,22H,3,6,12-13H2,1H3/t22-/m0/s1. The van der Waals surface area contributed by atoms with E-state index in [4.69, 9.17) is 4.74 Å². The molecule has 216 valence electrons. The summed E-state index contributed by atoms with van der Waals surface area (Å²) >= 11 is 0. The third-order valence-electron chi connectivity index (χ3n) is 6.37. The topological polar surface area (TPSA) is 78.1 Å². The number of carbonyl (C=O) groups excluding carboxylic acids is 1. The first kappa shape index (κ1) is 28.1. The second kappa shape index (κ2) is 10.5. The predicted molar refractivity (Wildman–Crippen MR) is 131 cm³/mol. The molecule has 8 nitrogen and oxygen atoms in total. The Morgan fingerprint density at radius 3 is 2.44 bits per heavy atom. The van der Waals surface area contributed by atoms with Gasteiger partial charge in [0.25, 0.3) is 5.91 Å². The van der Waals surface area contributed by atoms with Gasteiger partial charge in [-0.1, -0.05) is 11.3 Å². The minimum atomic E-state index is -4.73. The van der Waals surface area contributed by atoms with Gasteiger partial charge in [-0.2, -0.15) is 26.3 Å². The molecule has 3 heterocycles. The van der Waals surface area contributed by atoms with E-state index in [1.54, 1.807) is 19.2 Å². The van der Waals surface area contributed by atoms with Crippen LogP contribution in [0.2, 0.25) is 0 Å². The first-order chi connectivity index (χ1) is 19.3. The molecular weight excluding hydrogens is 561 g/mol. The number of rotatable bonds is 6. The molecule has 15 heteroatoms. The van der Waals surface area contributed by atoms with Gasteiger partial charge >= 0.3 is 12.4 Å². The number of amides is 1. The number of hydrogen-bond acceptors (Lipinski definition) is 5. The van der Waals surface area contributed by atoms with Crippen LogP contribution in [-0.4, -0.2) is 56.0 Å². The highest BCUT2D eigenvalue weighted by Gasteiger charge is 2.39. The maximum Gasteiger partial charge on any atom is 0.422 e. The number of benzene rings is 2. The van der Waals surface area contributed by atoms with Crippen LogP contribution in [0.3, 0.4) is 0 Å². The average molecular weight is 582 g/mol. The van der Waals surface area contributed by atoms with E-state index in [0.717, 1.165) is 22.9 Å². The normalized spacial score (nSPS) is 16.0. The molecule has 0 N–H and O–H groups in total. The number of nitrogens with zero attached hydrogens (tertiary/aromatic N) is 6. The SMILES string of the molecule is Cc1cn(-c2ccc(-c3cn([C@H]4CCc5cc(F)ccc5N(CC(F)(F)F)C4=O)nn3)cc2OCC(F)(F)F)cn1. The number of alkyl halides is 6. The van der Waals surface area contributed by atoms with Crippen LogP contribution >= 0.6 is 0 Å². The van der Waals surface area contributed by atoms with Crippen molar-refractivity contribution in [2.75, 3.05) is 18.1 Å². The van der Waals surface area contributed by atoms with E-state index in [1.165, 1.54) is 29.2 Å². The first-order valence-electron chi connectivity index (χ1n) is 12.2. The van der Waals surface area contributed by atoms with Gasteiger partial charge in [-0.05, 0) is 55.7 Å². The zero-order valence-corrected chi connectivity index (χ0v) is 21.2. The quantitative estimate of drug-likeness (QED) is 0.277. The fourth-order valence-electron chi connectivity index (χ4n) is 4.60. The Bertz CT molecular complexity index is 1580. The molecule has 1 aliphatic rings. The number of aromatic nitrogens is 5. The molecule has 41 heavy (non-hydrogen) atoms. The number of anilines is 1. The summed E-state index contributed by atoms with van der Waals surface area (Å²) in [6, 6.07) is 6.35. The molecule has 0 unspecified atom stereocenters. The Kier molecular flexibility index (Phi) is 7.21. The molecule has 2 aromatic carbocycles. The fourth-order valence-corrected chi connectivity index (χ4v) is 4.60. The van der Waals surface area contributed by atoms with Gasteiger partial charge in [0.05, 0.1) is 23.9 Å². The number of ether oxygens (including phenoxy) is 1. The van der Waals surface area contributed by atoms with Gasteiger partial charge in [-0.25, -0.2) is 14.1 Å². The van der Waals surface area contributed by atoms with Gasteiger partial charge in [-0.3, -0.25) is 4.79 Å². The average Bonchev–Trinajstić information content (AvgIpc) is 3.52. The van der Waals surface area contributed by atoms with Crippen molar-refractivity contribution in [3.63, 3.8) is 0 Å². The molecule has 5 rings (SSSR count). The number of aryl methyl sites for hydroxylation is 2. The highest BCUT2D eigenvalue weighted by molar-refractivity contribution is 5.97. The lowest BCUT2D eigenvalue weighted by Gasteiger charge is -2.26. The summed E-state index contributed by atoms with van der Waals surface area (Å²) < 4.78 is 101. The Morgan fingerprint density at radius 1 is 1.00 bits per heavy atom. The zero-order chi connectivity index (χ0) is 29.5. The molecule has 1 aliphatic heterocycles. The second-order valence-corrected chi connectivity index (χ2v) is 9.46. The molecule has 0 saturated heterocycles. The Hall–Kier alpha value is -4.43. The van der Waals surface area contributed by atoms with Crippen molar-refractivity contribution in [1.29, 1.82) is 0 Å². The van der Waals surface area contributed by atoms with Crippen molar-refractivity contribution >= 4 is 11.6 Å². The summed E-state index contributed by atoms with van der Waals surface area (Å²) in [4.78, 5) is 18.0. The highest BCUT2D eigenvalue weighted by Crippen LogP contribution is 2.35. The smallest absolute Gasteiger partial charge is 0.422 e. The molecule has 1 amide bonds. The molecule has 0 saturated carbocycles. The van der Waals surface area contributed by atoms with Crippen molar-refractivity contribution in [2.45, 2.75) is 38.2 Å². The lowest BCUT2D eigenvalue weighted by molar-refractivity contribution is -0.153. The van der Waals surface area contributed by atoms with Gasteiger partial charge in [0.15, 0.2) is 6.61 Å². The van der Waals surface area contributed by atoms with Crippen molar-refractivity contribution in [3.8, 4) is 22.7 Å². The summed E-state index contributed by atoms with van der Waals surface area (Å²) in [6.45, 7) is -1.44. The number of hydrogen-bond donors (Lipinski definition) is 0. The maximum atomic E-state index is 13.9. The number of imidazole rings is 1. The van der Waals surface area contributed by atoms with E-state index in [9.17, 15) is 35.5 Å². The van der Waals surface area contributed by atoms with Crippen LogP contribution < -0.4 is 9.64 Å². The van der Waals surface area contributed by atoms with Crippen LogP contribution in [-0.2, 0) is 11.2 Å². The van der Waals surface area contributed by atoms with Gasteiger partial charge in [-0.15, -0.1) is 5.10 Å². The minimum Gasteiger partial charge on any atom is -0.482 e. The van der Waals surface area contributed by atoms with Crippen LogP contribution in [0.25, 0.3) is 16.9 Å². The number of halogens is 7. The van der Waals surface area contributed by atoms with Crippen molar-refractivity contribution in [3.05, 3.63) is 72.2 Å². The van der Waals surface area contributed by atoms with Crippen LogP contribution in [0.1, 0.15) is 23.7 Å². The molecule has 1 atom stereocenters. The zero-order valence-electron chi connectivity index (χ0n) is 21.2. The Balaban J connectivity index is 1.48. The van der Waals surface area contributed by atoms with Gasteiger partial charge < -0.3 is 14.2 Å². The highest BCUT2D eigenvalue weighted by atomic mass is 19.4. The number of fused-ring (bicyclic) bond motifs is 1. The molecular formula is C26H21F7N6O2. The molecule has 0 spiro atoms. The summed E-state index contributed by atoms with van der Waals surface area (Å²) in [5, 5.41) is 7.96. The van der Waals surface area contributed by atoms with Crippen LogP contribution in [0.5, 0.6) is 5.75 Å². The Morgan fingerprint density at radius 2 is 1.76 bits per heavy atom. The maximum absolute atomic E-state index is 13.9. The lowest BCUT2D eigenvalue weighted by atomic mass is 10.1. The summed E-state index contributed by atoms with van der Waals surface area (Å²) in [7, 11) is 0. The Labute approximate surface area is 228 Å². The van der Waals surface area contributed by atoms with E-state index in [-0.39, 0.29) is 46.8 Å². The van der Waals surface area contributed by atoms with Crippen molar-refractivity contribution in [2.24, 2.45) is 0 Å². The monoisotopic (exact) mass is 582 g/mol. The summed E-state index contributed by atoms with van der Waals surface area (Å²) in [6.07, 6.45) is -4.92. The van der Waals surface area contributed by atoms with E-state index < -0.39 is 43.3 Å². The van der Waals surface area contributed by atoms with Gasteiger partial charge in [0.2, 0.25) is 0 Å². The van der Waals surface area contributed by atoms with Crippen LogP contribution in [0, 0.1) is 12.7 Å². The largest absolute Gasteiger partial charge is 0.482 e. The molecule has 0 radical (unpaired) electrons. The van der Waals surface area contributed by atoms with E-state index in [1.807, 2.05) is 0 Å². The van der Waals surface area contributed by atoms with Crippen LogP contribution in [0.4, 0.5) is 36.4 Å². The third kappa shape index (κ3) is 6.33. The van der Waals surface area contributed by atoms with E-state index in [2.05, 4.69) is 15.3 Å². The summed E-state index contributed by atoms with van der Waals surface area (Å²) in [5.41, 5.74) is 1.51. The van der Waals surface area contributed by atoms with Crippen molar-refractivity contribution < 1.29 is 40.3 Å². The minimum absolute atomic E-state index is 0.00526. The predicted octanol–water partition coefficient (Wildman–Crippen LogP) is 5.60. The van der Waals surface area contributed by atoms with Gasteiger partial charge in [0.1, 0.15) is 29.8 Å². The summed E-state index contributed by atoms with van der Waals surface area (Å²) in [5.74, 6) is -1.70. The molecule has 0 aliphatic carbocycles. The van der Waals surface area contributed by atoms with E-state index in [0.29, 0.717) is 10.6 Å².